The van der Waals surface area contributed by atoms with Crippen LogP contribution in [0.3, 0.4) is 0 Å². The van der Waals surface area contributed by atoms with Crippen molar-refractivity contribution in [2.45, 2.75) is 63.9 Å². The summed E-state index contributed by atoms with van der Waals surface area (Å²) in [7, 11) is 0. The number of carbonyl (C=O) groups excluding carboxylic acids is 4. The molecule has 0 saturated heterocycles. The van der Waals surface area contributed by atoms with Gasteiger partial charge in [0, 0.05) is 5.75 Å². The molecule has 4 amide bonds. The van der Waals surface area contributed by atoms with Crippen LogP contribution in [0, 0.1) is 5.92 Å². The van der Waals surface area contributed by atoms with Gasteiger partial charge in [-0.1, -0.05) is 13.8 Å². The van der Waals surface area contributed by atoms with Crippen molar-refractivity contribution in [3.05, 3.63) is 0 Å². The molecule has 0 bridgehead atoms. The Kier molecular flexibility index (Phi) is 12.0. The van der Waals surface area contributed by atoms with Gasteiger partial charge in [0.05, 0.1) is 18.6 Å². The number of aliphatic carboxylic acids is 1. The molecule has 0 aliphatic rings. The highest BCUT2D eigenvalue weighted by Crippen LogP contribution is 2.06. The third-order valence-corrected chi connectivity index (χ3v) is 4.32. The molecule has 0 fully saturated rings. The summed E-state index contributed by atoms with van der Waals surface area (Å²) >= 11 is 3.97. The van der Waals surface area contributed by atoms with Gasteiger partial charge in [0.15, 0.2) is 0 Å². The van der Waals surface area contributed by atoms with Crippen molar-refractivity contribution in [2.24, 2.45) is 17.4 Å². The van der Waals surface area contributed by atoms with Crippen LogP contribution < -0.4 is 27.4 Å². The average Bonchev–Trinajstić information content (AvgIpc) is 2.61. The normalized spacial score (nSPS) is 16.0. The second kappa shape index (κ2) is 13.0. The molecule has 0 rings (SSSR count). The average molecular weight is 450 g/mol. The molecule has 13 heteroatoms. The van der Waals surface area contributed by atoms with Gasteiger partial charge in [0.1, 0.15) is 18.1 Å². The van der Waals surface area contributed by atoms with Gasteiger partial charge in [0.2, 0.25) is 23.6 Å². The van der Waals surface area contributed by atoms with Crippen molar-refractivity contribution < 1.29 is 34.2 Å². The molecule has 0 heterocycles. The molecule has 12 nitrogen and oxygen atoms in total. The minimum Gasteiger partial charge on any atom is -0.480 e. The number of amides is 4. The molecule has 0 aliphatic carbocycles. The van der Waals surface area contributed by atoms with Gasteiger partial charge in [-0.05, 0) is 19.3 Å². The quantitative estimate of drug-likeness (QED) is 0.136. The van der Waals surface area contributed by atoms with Crippen LogP contribution in [0.25, 0.3) is 0 Å². The highest BCUT2D eigenvalue weighted by molar-refractivity contribution is 7.80. The fourth-order valence-corrected chi connectivity index (χ4v) is 2.65. The van der Waals surface area contributed by atoms with Gasteiger partial charge in [0.25, 0.3) is 0 Å². The van der Waals surface area contributed by atoms with E-state index in [1.165, 1.54) is 6.92 Å². The van der Waals surface area contributed by atoms with Crippen molar-refractivity contribution in [1.82, 2.24) is 16.0 Å². The molecule has 0 aromatic carbocycles. The third kappa shape index (κ3) is 9.89. The summed E-state index contributed by atoms with van der Waals surface area (Å²) in [6.45, 7) is 4.79. The standard InChI is InChI=1S/C17H31N5O7S/c1-7(2)4-10(17(28)29)20-16(27)13(8(3)23)22-15(26)11(6-30)21-14(25)9(18)5-12(19)24/h7-11,13,23,30H,4-6,18H2,1-3H3,(H2,19,24)(H,20,27)(H,21,25)(H,22,26)(H,28,29). The van der Waals surface area contributed by atoms with Crippen molar-refractivity contribution >= 4 is 42.2 Å². The first-order valence-corrected chi connectivity index (χ1v) is 9.90. The number of carbonyl (C=O) groups is 5. The first-order valence-electron chi connectivity index (χ1n) is 9.26. The van der Waals surface area contributed by atoms with E-state index >= 15 is 0 Å². The highest BCUT2D eigenvalue weighted by atomic mass is 32.1. The molecule has 5 unspecified atom stereocenters. The fourth-order valence-electron chi connectivity index (χ4n) is 2.40. The second-order valence-electron chi connectivity index (χ2n) is 7.28. The maximum Gasteiger partial charge on any atom is 0.326 e. The first kappa shape index (κ1) is 27.6. The van der Waals surface area contributed by atoms with E-state index in [9.17, 15) is 34.2 Å². The van der Waals surface area contributed by atoms with Gasteiger partial charge < -0.3 is 37.6 Å². The number of hydrogen-bond donors (Lipinski definition) is 8. The Balaban J connectivity index is 5.19. The minimum atomic E-state index is -1.48. The number of rotatable bonds is 13. The molecule has 0 aliphatic heterocycles. The molecule has 0 saturated carbocycles. The van der Waals surface area contributed by atoms with Crippen LogP contribution in [-0.2, 0) is 24.0 Å². The number of thiol groups is 1. The smallest absolute Gasteiger partial charge is 0.326 e. The molecule has 0 aromatic rings. The number of aliphatic hydroxyl groups is 1. The Morgan fingerprint density at radius 3 is 1.87 bits per heavy atom. The Morgan fingerprint density at radius 2 is 1.47 bits per heavy atom. The molecule has 0 radical (unpaired) electrons. The number of carboxylic acid groups (broad SMARTS) is 1. The SMILES string of the molecule is CC(C)CC(NC(=O)C(NC(=O)C(CS)NC(=O)C(N)CC(N)=O)C(C)O)C(=O)O. The molecule has 5 atom stereocenters. The number of nitrogens with two attached hydrogens (primary N) is 2. The fraction of sp³-hybridized carbons (Fsp3) is 0.706. The summed E-state index contributed by atoms with van der Waals surface area (Å²) in [5.74, 6) is -4.85. The van der Waals surface area contributed by atoms with Crippen LogP contribution in [0.2, 0.25) is 0 Å². The van der Waals surface area contributed by atoms with E-state index in [0.717, 1.165) is 0 Å². The van der Waals surface area contributed by atoms with Crippen molar-refractivity contribution in [1.29, 1.82) is 0 Å². The van der Waals surface area contributed by atoms with Crippen LogP contribution in [0.15, 0.2) is 0 Å². The number of nitrogens with one attached hydrogen (secondary N) is 3. The zero-order chi connectivity index (χ0) is 23.6. The third-order valence-electron chi connectivity index (χ3n) is 3.96. The summed E-state index contributed by atoms with van der Waals surface area (Å²) in [5, 5.41) is 25.9. The number of primary amides is 1. The summed E-state index contributed by atoms with van der Waals surface area (Å²) in [5.41, 5.74) is 10.5. The van der Waals surface area contributed by atoms with E-state index in [4.69, 9.17) is 11.5 Å². The van der Waals surface area contributed by atoms with Crippen LogP contribution in [0.5, 0.6) is 0 Å². The van der Waals surface area contributed by atoms with Crippen molar-refractivity contribution in [3.8, 4) is 0 Å². The molecule has 0 spiro atoms. The lowest BCUT2D eigenvalue weighted by Gasteiger charge is -2.26. The summed E-state index contributed by atoms with van der Waals surface area (Å²) in [6, 6.07) is -5.20. The zero-order valence-corrected chi connectivity index (χ0v) is 18.0. The summed E-state index contributed by atoms with van der Waals surface area (Å²) < 4.78 is 0. The molecule has 172 valence electrons. The van der Waals surface area contributed by atoms with E-state index in [1.54, 1.807) is 13.8 Å². The lowest BCUT2D eigenvalue weighted by Crippen LogP contribution is -2.60. The zero-order valence-electron chi connectivity index (χ0n) is 17.1. The number of hydrogen-bond acceptors (Lipinski definition) is 8. The Bertz CT molecular complexity index is 644. The van der Waals surface area contributed by atoms with Crippen LogP contribution in [0.4, 0.5) is 0 Å². The van der Waals surface area contributed by atoms with E-state index in [1.807, 2.05) is 0 Å². The molecular formula is C17H31N5O7S. The minimum absolute atomic E-state index is 0.0284. The lowest BCUT2D eigenvalue weighted by molar-refractivity contribution is -0.143. The first-order chi connectivity index (χ1) is 13.8. The van der Waals surface area contributed by atoms with E-state index in [-0.39, 0.29) is 18.1 Å². The van der Waals surface area contributed by atoms with Crippen molar-refractivity contribution in [3.63, 3.8) is 0 Å². The molecular weight excluding hydrogens is 418 g/mol. The number of aliphatic hydroxyl groups excluding tert-OH is 1. The maximum atomic E-state index is 12.5. The lowest BCUT2D eigenvalue weighted by atomic mass is 10.0. The van der Waals surface area contributed by atoms with E-state index in [2.05, 4.69) is 28.6 Å². The van der Waals surface area contributed by atoms with Gasteiger partial charge in [-0.3, -0.25) is 19.2 Å². The molecule has 0 aromatic heterocycles. The molecule has 9 N–H and O–H groups in total. The highest BCUT2D eigenvalue weighted by Gasteiger charge is 2.32. The predicted molar refractivity (Wildman–Crippen MR) is 110 cm³/mol. The second-order valence-corrected chi connectivity index (χ2v) is 7.64. The Morgan fingerprint density at radius 1 is 0.933 bits per heavy atom. The molecule has 30 heavy (non-hydrogen) atoms. The van der Waals surface area contributed by atoms with Gasteiger partial charge in [-0.15, -0.1) is 0 Å². The summed E-state index contributed by atoms with van der Waals surface area (Å²) in [6.07, 6.45) is -1.65. The maximum absolute atomic E-state index is 12.5. The number of carboxylic acids is 1. The predicted octanol–water partition coefficient (Wildman–Crippen LogP) is -2.92. The summed E-state index contributed by atoms with van der Waals surface area (Å²) in [4.78, 5) is 59.1. The van der Waals surface area contributed by atoms with E-state index in [0.29, 0.717) is 0 Å². The Hall–Kier alpha value is -2.38. The van der Waals surface area contributed by atoms with Gasteiger partial charge in [-0.25, -0.2) is 4.79 Å². The Labute approximate surface area is 179 Å². The van der Waals surface area contributed by atoms with Gasteiger partial charge >= 0.3 is 5.97 Å². The largest absolute Gasteiger partial charge is 0.480 e. The van der Waals surface area contributed by atoms with Gasteiger partial charge in [-0.2, -0.15) is 12.6 Å². The monoisotopic (exact) mass is 449 g/mol. The van der Waals surface area contributed by atoms with Crippen LogP contribution in [-0.4, -0.2) is 75.8 Å². The topological polar surface area (TPSA) is 214 Å². The van der Waals surface area contributed by atoms with Crippen LogP contribution in [0.1, 0.15) is 33.6 Å². The van der Waals surface area contributed by atoms with Crippen LogP contribution >= 0.6 is 12.6 Å². The van der Waals surface area contributed by atoms with E-state index < -0.39 is 66.3 Å². The van der Waals surface area contributed by atoms with Crippen molar-refractivity contribution in [2.75, 3.05) is 5.75 Å².